The molecule has 0 radical (unpaired) electrons. The standard InChI is InChI=1S/C15H26N4O/c1-4-16-13(2)14-5-6-18(11-14)12-15(20)19-9-7-17(3)8-10-19/h5-6,11,13,16H,4,7-10,12H2,1-3H3. The van der Waals surface area contributed by atoms with E-state index in [0.29, 0.717) is 12.6 Å². The predicted molar refractivity (Wildman–Crippen MR) is 80.6 cm³/mol. The van der Waals surface area contributed by atoms with Crippen molar-refractivity contribution in [2.24, 2.45) is 0 Å². The molecule has 0 aliphatic carbocycles. The molecule has 1 aromatic rings. The van der Waals surface area contributed by atoms with Gasteiger partial charge in [-0.25, -0.2) is 0 Å². The molecule has 1 aliphatic heterocycles. The number of hydrogen-bond acceptors (Lipinski definition) is 3. The summed E-state index contributed by atoms with van der Waals surface area (Å²) in [6, 6.07) is 2.42. The fourth-order valence-electron chi connectivity index (χ4n) is 2.55. The van der Waals surface area contributed by atoms with Crippen LogP contribution in [-0.4, -0.2) is 60.0 Å². The Morgan fingerprint density at radius 3 is 2.70 bits per heavy atom. The van der Waals surface area contributed by atoms with Crippen LogP contribution in [0, 0.1) is 0 Å². The third-order valence-electron chi connectivity index (χ3n) is 3.96. The topological polar surface area (TPSA) is 40.5 Å². The predicted octanol–water partition coefficient (Wildman–Crippen LogP) is 0.933. The zero-order valence-corrected chi connectivity index (χ0v) is 12.8. The van der Waals surface area contributed by atoms with E-state index in [1.807, 2.05) is 15.7 Å². The first kappa shape index (κ1) is 15.1. The monoisotopic (exact) mass is 278 g/mol. The van der Waals surface area contributed by atoms with E-state index in [4.69, 9.17) is 0 Å². The molecule has 1 fully saturated rings. The number of piperazine rings is 1. The number of nitrogens with zero attached hydrogens (tertiary/aromatic N) is 3. The van der Waals surface area contributed by atoms with Crippen LogP contribution in [0.5, 0.6) is 0 Å². The Bertz CT molecular complexity index is 435. The van der Waals surface area contributed by atoms with E-state index in [2.05, 4.69) is 43.4 Å². The Morgan fingerprint density at radius 2 is 2.05 bits per heavy atom. The van der Waals surface area contributed by atoms with Gasteiger partial charge in [-0.2, -0.15) is 0 Å². The lowest BCUT2D eigenvalue weighted by Gasteiger charge is -2.32. The van der Waals surface area contributed by atoms with Crippen LogP contribution in [-0.2, 0) is 11.3 Å². The molecule has 1 unspecified atom stereocenters. The number of rotatable bonds is 5. The Kier molecular flexibility index (Phi) is 5.20. The van der Waals surface area contributed by atoms with E-state index >= 15 is 0 Å². The SMILES string of the molecule is CCNC(C)c1ccn(CC(=O)N2CCN(C)CC2)c1. The number of likely N-dealkylation sites (N-methyl/N-ethyl adjacent to an activating group) is 1. The van der Waals surface area contributed by atoms with Crippen LogP contribution in [0.4, 0.5) is 0 Å². The van der Waals surface area contributed by atoms with Gasteiger partial charge in [-0.15, -0.1) is 0 Å². The highest BCUT2D eigenvalue weighted by molar-refractivity contribution is 5.76. The summed E-state index contributed by atoms with van der Waals surface area (Å²) in [7, 11) is 2.10. The average molecular weight is 278 g/mol. The van der Waals surface area contributed by atoms with Crippen molar-refractivity contribution in [3.8, 4) is 0 Å². The van der Waals surface area contributed by atoms with E-state index in [1.165, 1.54) is 5.56 Å². The van der Waals surface area contributed by atoms with Crippen molar-refractivity contribution < 1.29 is 4.79 Å². The maximum Gasteiger partial charge on any atom is 0.242 e. The summed E-state index contributed by atoms with van der Waals surface area (Å²) in [5.74, 6) is 0.219. The second-order valence-electron chi connectivity index (χ2n) is 5.58. The largest absolute Gasteiger partial charge is 0.345 e. The molecule has 1 N–H and O–H groups in total. The molecule has 1 amide bonds. The van der Waals surface area contributed by atoms with Crippen LogP contribution in [0.2, 0.25) is 0 Å². The zero-order chi connectivity index (χ0) is 14.5. The molecule has 0 spiro atoms. The maximum atomic E-state index is 12.2. The first-order valence-corrected chi connectivity index (χ1v) is 7.45. The smallest absolute Gasteiger partial charge is 0.242 e. The van der Waals surface area contributed by atoms with Crippen molar-refractivity contribution in [2.75, 3.05) is 39.8 Å². The Hall–Kier alpha value is -1.33. The van der Waals surface area contributed by atoms with Crippen LogP contribution in [0.3, 0.4) is 0 Å². The summed E-state index contributed by atoms with van der Waals surface area (Å²) in [6.45, 7) is 9.28. The molecule has 2 heterocycles. The molecule has 0 aromatic carbocycles. The molecule has 1 saturated heterocycles. The minimum Gasteiger partial charge on any atom is -0.345 e. The van der Waals surface area contributed by atoms with Crippen LogP contribution < -0.4 is 5.32 Å². The van der Waals surface area contributed by atoms with E-state index in [0.717, 1.165) is 32.7 Å². The van der Waals surface area contributed by atoms with Gasteiger partial charge in [0.25, 0.3) is 0 Å². The van der Waals surface area contributed by atoms with Gasteiger partial charge in [0, 0.05) is 44.6 Å². The summed E-state index contributed by atoms with van der Waals surface area (Å²) >= 11 is 0. The number of carbonyl (C=O) groups is 1. The Labute approximate surface area is 121 Å². The van der Waals surface area contributed by atoms with Gasteiger partial charge in [0.05, 0.1) is 0 Å². The quantitative estimate of drug-likeness (QED) is 0.871. The van der Waals surface area contributed by atoms with Gasteiger partial charge in [0.2, 0.25) is 5.91 Å². The summed E-state index contributed by atoms with van der Waals surface area (Å²) in [6.07, 6.45) is 4.07. The normalized spacial score (nSPS) is 18.2. The average Bonchev–Trinajstić information content (AvgIpc) is 2.88. The minimum absolute atomic E-state index is 0.219. The molecule has 1 aromatic heterocycles. The molecule has 2 rings (SSSR count). The lowest BCUT2D eigenvalue weighted by Crippen LogP contribution is -2.48. The van der Waals surface area contributed by atoms with E-state index in [1.54, 1.807) is 0 Å². The highest BCUT2D eigenvalue weighted by Crippen LogP contribution is 2.12. The number of hydrogen-bond donors (Lipinski definition) is 1. The van der Waals surface area contributed by atoms with Crippen LogP contribution in [0.1, 0.15) is 25.5 Å². The lowest BCUT2D eigenvalue weighted by molar-refractivity contribution is -0.133. The molecular formula is C15H26N4O. The highest BCUT2D eigenvalue weighted by atomic mass is 16.2. The lowest BCUT2D eigenvalue weighted by atomic mass is 10.2. The first-order valence-electron chi connectivity index (χ1n) is 7.45. The maximum absolute atomic E-state index is 12.2. The van der Waals surface area contributed by atoms with Gasteiger partial charge in [-0.3, -0.25) is 4.79 Å². The van der Waals surface area contributed by atoms with Crippen LogP contribution >= 0.6 is 0 Å². The van der Waals surface area contributed by atoms with Crippen molar-refractivity contribution >= 4 is 5.91 Å². The summed E-state index contributed by atoms with van der Waals surface area (Å²) in [5, 5.41) is 3.38. The molecular weight excluding hydrogens is 252 g/mol. The molecule has 0 bridgehead atoms. The summed E-state index contributed by atoms with van der Waals surface area (Å²) in [4.78, 5) is 16.5. The molecule has 1 atom stereocenters. The number of carbonyl (C=O) groups excluding carboxylic acids is 1. The molecule has 112 valence electrons. The third kappa shape index (κ3) is 3.84. The zero-order valence-electron chi connectivity index (χ0n) is 12.8. The van der Waals surface area contributed by atoms with Crippen molar-refractivity contribution in [1.82, 2.24) is 19.7 Å². The van der Waals surface area contributed by atoms with Crippen molar-refractivity contribution in [2.45, 2.75) is 26.4 Å². The van der Waals surface area contributed by atoms with E-state index < -0.39 is 0 Å². The van der Waals surface area contributed by atoms with Gasteiger partial charge < -0.3 is 19.7 Å². The minimum atomic E-state index is 0.219. The van der Waals surface area contributed by atoms with Crippen molar-refractivity contribution in [3.63, 3.8) is 0 Å². The fraction of sp³-hybridized carbons (Fsp3) is 0.667. The molecule has 20 heavy (non-hydrogen) atoms. The third-order valence-corrected chi connectivity index (χ3v) is 3.96. The molecule has 1 aliphatic rings. The van der Waals surface area contributed by atoms with Gasteiger partial charge in [-0.1, -0.05) is 6.92 Å². The van der Waals surface area contributed by atoms with Gasteiger partial charge in [-0.05, 0) is 32.1 Å². The van der Waals surface area contributed by atoms with Gasteiger partial charge in [0.1, 0.15) is 6.54 Å². The van der Waals surface area contributed by atoms with Crippen molar-refractivity contribution in [3.05, 3.63) is 24.0 Å². The fourth-order valence-corrected chi connectivity index (χ4v) is 2.55. The van der Waals surface area contributed by atoms with E-state index in [-0.39, 0.29) is 5.91 Å². The molecule has 0 saturated carbocycles. The Morgan fingerprint density at radius 1 is 1.35 bits per heavy atom. The van der Waals surface area contributed by atoms with Gasteiger partial charge >= 0.3 is 0 Å². The van der Waals surface area contributed by atoms with Crippen LogP contribution in [0.15, 0.2) is 18.5 Å². The molecule has 5 nitrogen and oxygen atoms in total. The van der Waals surface area contributed by atoms with Crippen LogP contribution in [0.25, 0.3) is 0 Å². The number of amides is 1. The first-order chi connectivity index (χ1) is 9.60. The van der Waals surface area contributed by atoms with Gasteiger partial charge in [0.15, 0.2) is 0 Å². The Balaban J connectivity index is 1.88. The number of aromatic nitrogens is 1. The van der Waals surface area contributed by atoms with E-state index in [9.17, 15) is 4.79 Å². The second-order valence-corrected chi connectivity index (χ2v) is 5.58. The van der Waals surface area contributed by atoms with Crippen molar-refractivity contribution in [1.29, 1.82) is 0 Å². The number of nitrogens with one attached hydrogen (secondary N) is 1. The summed E-state index contributed by atoms with van der Waals surface area (Å²) in [5.41, 5.74) is 1.23. The highest BCUT2D eigenvalue weighted by Gasteiger charge is 2.19. The summed E-state index contributed by atoms with van der Waals surface area (Å²) < 4.78 is 1.99. The molecule has 5 heteroatoms. The second kappa shape index (κ2) is 6.90.